The third-order valence-electron chi connectivity index (χ3n) is 2.88. The van der Waals surface area contributed by atoms with Gasteiger partial charge in [-0.15, -0.1) is 0 Å². The smallest absolute Gasteiger partial charge is 0.242 e. The molecule has 0 aromatic heterocycles. The summed E-state index contributed by atoms with van der Waals surface area (Å²) < 4.78 is 0. The zero-order valence-corrected chi connectivity index (χ0v) is 10.3. The van der Waals surface area contributed by atoms with Crippen LogP contribution in [-0.4, -0.2) is 48.9 Å². The van der Waals surface area contributed by atoms with Crippen molar-refractivity contribution in [3.63, 3.8) is 0 Å². The average Bonchev–Trinajstić information content (AvgIpc) is 2.24. The molecule has 5 nitrogen and oxygen atoms in total. The molecule has 16 heavy (non-hydrogen) atoms. The second kappa shape index (κ2) is 5.30. The van der Waals surface area contributed by atoms with Gasteiger partial charge in [-0.1, -0.05) is 0 Å². The second-order valence-corrected chi connectivity index (χ2v) is 4.62. The number of nitrogens with one attached hydrogen (secondary N) is 2. The molecule has 2 amide bonds. The zero-order chi connectivity index (χ0) is 12.2. The van der Waals surface area contributed by atoms with E-state index in [0.717, 1.165) is 19.5 Å². The van der Waals surface area contributed by atoms with Gasteiger partial charge in [0.25, 0.3) is 0 Å². The number of hydrogen-bond acceptors (Lipinski definition) is 3. The molecule has 0 aromatic rings. The van der Waals surface area contributed by atoms with Crippen LogP contribution in [0.1, 0.15) is 26.7 Å². The molecule has 0 spiro atoms. The Bertz CT molecular complexity index is 276. The normalized spacial score (nSPS) is 19.7. The van der Waals surface area contributed by atoms with Crippen molar-refractivity contribution < 1.29 is 9.59 Å². The lowest BCUT2D eigenvalue weighted by Gasteiger charge is -2.38. The summed E-state index contributed by atoms with van der Waals surface area (Å²) in [6.45, 7) is 5.99. The van der Waals surface area contributed by atoms with Crippen LogP contribution in [0.2, 0.25) is 0 Å². The van der Waals surface area contributed by atoms with Gasteiger partial charge in [0.1, 0.15) is 0 Å². The van der Waals surface area contributed by atoms with E-state index in [2.05, 4.69) is 10.6 Å². The predicted molar refractivity (Wildman–Crippen MR) is 62.0 cm³/mol. The second-order valence-electron chi connectivity index (χ2n) is 4.62. The Morgan fingerprint density at radius 2 is 2.25 bits per heavy atom. The highest BCUT2D eigenvalue weighted by Gasteiger charge is 2.34. The average molecular weight is 227 g/mol. The van der Waals surface area contributed by atoms with Gasteiger partial charge in [-0.2, -0.15) is 0 Å². The lowest BCUT2D eigenvalue weighted by molar-refractivity contribution is -0.140. The fourth-order valence-electron chi connectivity index (χ4n) is 1.84. The minimum atomic E-state index is -0.467. The summed E-state index contributed by atoms with van der Waals surface area (Å²) >= 11 is 0. The van der Waals surface area contributed by atoms with Crippen LogP contribution < -0.4 is 10.6 Å². The molecule has 0 saturated carbocycles. The van der Waals surface area contributed by atoms with Crippen molar-refractivity contribution in [2.75, 3.05) is 26.7 Å². The van der Waals surface area contributed by atoms with Crippen molar-refractivity contribution in [2.24, 2.45) is 0 Å². The van der Waals surface area contributed by atoms with Crippen LogP contribution in [0.15, 0.2) is 0 Å². The van der Waals surface area contributed by atoms with Gasteiger partial charge in [-0.25, -0.2) is 0 Å². The summed E-state index contributed by atoms with van der Waals surface area (Å²) in [7, 11) is 1.63. The van der Waals surface area contributed by atoms with Gasteiger partial charge in [-0.3, -0.25) is 9.59 Å². The van der Waals surface area contributed by atoms with E-state index in [0.29, 0.717) is 13.0 Å². The van der Waals surface area contributed by atoms with Crippen LogP contribution in [0.25, 0.3) is 0 Å². The highest BCUT2D eigenvalue weighted by atomic mass is 16.2. The summed E-state index contributed by atoms with van der Waals surface area (Å²) in [6.07, 6.45) is 1.20. The molecule has 0 unspecified atom stereocenters. The molecular formula is C11H21N3O2. The first-order valence-electron chi connectivity index (χ1n) is 5.72. The quantitative estimate of drug-likeness (QED) is 0.694. The Labute approximate surface area is 96.6 Å². The maximum atomic E-state index is 12.0. The van der Waals surface area contributed by atoms with Crippen LogP contribution in [0.3, 0.4) is 0 Å². The zero-order valence-electron chi connectivity index (χ0n) is 10.3. The summed E-state index contributed by atoms with van der Waals surface area (Å²) in [4.78, 5) is 24.8. The lowest BCUT2D eigenvalue weighted by Crippen LogP contribution is -2.61. The topological polar surface area (TPSA) is 61.4 Å². The summed E-state index contributed by atoms with van der Waals surface area (Å²) in [5.41, 5.74) is -0.467. The maximum absolute atomic E-state index is 12.0. The molecule has 0 aliphatic carbocycles. The number of nitrogens with zero attached hydrogens (tertiary/aromatic N) is 1. The Morgan fingerprint density at radius 1 is 1.56 bits per heavy atom. The molecule has 1 aliphatic heterocycles. The first-order chi connectivity index (χ1) is 7.47. The number of amides is 2. The highest BCUT2D eigenvalue weighted by Crippen LogP contribution is 2.12. The maximum Gasteiger partial charge on any atom is 0.242 e. The Balaban J connectivity index is 2.37. The molecular weight excluding hydrogens is 206 g/mol. The molecule has 0 aromatic carbocycles. The lowest BCUT2D eigenvalue weighted by atomic mass is 10.0. The Kier molecular flexibility index (Phi) is 4.29. The summed E-state index contributed by atoms with van der Waals surface area (Å²) in [5, 5.41) is 5.75. The molecule has 1 heterocycles. The molecule has 5 heteroatoms. The van der Waals surface area contributed by atoms with Crippen LogP contribution in [0.5, 0.6) is 0 Å². The molecule has 1 fully saturated rings. The molecule has 1 aliphatic rings. The first kappa shape index (κ1) is 13.0. The van der Waals surface area contributed by atoms with E-state index in [-0.39, 0.29) is 11.8 Å². The molecule has 2 N–H and O–H groups in total. The monoisotopic (exact) mass is 227 g/mol. The van der Waals surface area contributed by atoms with E-state index < -0.39 is 5.54 Å². The van der Waals surface area contributed by atoms with E-state index in [1.54, 1.807) is 7.05 Å². The predicted octanol–water partition coefficient (Wildman–Crippen LogP) is -0.277. The van der Waals surface area contributed by atoms with Crippen LogP contribution in [-0.2, 0) is 9.59 Å². The number of carbonyl (C=O) groups excluding carboxylic acids is 2. The van der Waals surface area contributed by atoms with Gasteiger partial charge >= 0.3 is 0 Å². The SMILES string of the molecule is CNC(=O)CCCN1CCNC(C)(C)C1=O. The molecule has 0 radical (unpaired) electrons. The van der Waals surface area contributed by atoms with Crippen LogP contribution >= 0.6 is 0 Å². The van der Waals surface area contributed by atoms with Crippen molar-refractivity contribution >= 4 is 11.8 Å². The van der Waals surface area contributed by atoms with Crippen LogP contribution in [0, 0.1) is 0 Å². The van der Waals surface area contributed by atoms with E-state index in [1.807, 2.05) is 18.7 Å². The Morgan fingerprint density at radius 3 is 2.88 bits per heavy atom. The van der Waals surface area contributed by atoms with Crippen molar-refractivity contribution in [1.29, 1.82) is 0 Å². The summed E-state index contributed by atoms with van der Waals surface area (Å²) in [5.74, 6) is 0.150. The fourth-order valence-corrected chi connectivity index (χ4v) is 1.84. The highest BCUT2D eigenvalue weighted by molar-refractivity contribution is 5.86. The molecule has 1 rings (SSSR count). The number of carbonyl (C=O) groups is 2. The third-order valence-corrected chi connectivity index (χ3v) is 2.88. The largest absolute Gasteiger partial charge is 0.359 e. The summed E-state index contributed by atoms with van der Waals surface area (Å²) in [6, 6.07) is 0. The van der Waals surface area contributed by atoms with E-state index >= 15 is 0 Å². The van der Waals surface area contributed by atoms with E-state index in [9.17, 15) is 9.59 Å². The van der Waals surface area contributed by atoms with Gasteiger partial charge in [0.15, 0.2) is 0 Å². The van der Waals surface area contributed by atoms with Gasteiger partial charge in [-0.05, 0) is 20.3 Å². The molecule has 92 valence electrons. The Hall–Kier alpha value is -1.10. The third kappa shape index (κ3) is 3.20. The van der Waals surface area contributed by atoms with Crippen molar-refractivity contribution in [1.82, 2.24) is 15.5 Å². The molecule has 0 atom stereocenters. The van der Waals surface area contributed by atoms with Crippen LogP contribution in [0.4, 0.5) is 0 Å². The standard InChI is InChI=1S/C11H21N3O2/c1-11(2)10(16)14(8-6-13-11)7-4-5-9(15)12-3/h13H,4-8H2,1-3H3,(H,12,15). The molecule has 0 bridgehead atoms. The minimum Gasteiger partial charge on any atom is -0.359 e. The van der Waals surface area contributed by atoms with Gasteiger partial charge < -0.3 is 15.5 Å². The van der Waals surface area contributed by atoms with E-state index in [4.69, 9.17) is 0 Å². The van der Waals surface area contributed by atoms with Crippen molar-refractivity contribution in [3.8, 4) is 0 Å². The van der Waals surface area contributed by atoms with Gasteiger partial charge in [0, 0.05) is 33.1 Å². The molecule has 1 saturated heterocycles. The van der Waals surface area contributed by atoms with Gasteiger partial charge in [0.05, 0.1) is 5.54 Å². The number of rotatable bonds is 4. The number of piperazine rings is 1. The van der Waals surface area contributed by atoms with E-state index in [1.165, 1.54) is 0 Å². The fraction of sp³-hybridized carbons (Fsp3) is 0.818. The minimum absolute atomic E-state index is 0.0295. The van der Waals surface area contributed by atoms with Crippen molar-refractivity contribution in [3.05, 3.63) is 0 Å². The first-order valence-corrected chi connectivity index (χ1v) is 5.72. The number of hydrogen-bond donors (Lipinski definition) is 2. The van der Waals surface area contributed by atoms with Gasteiger partial charge in [0.2, 0.25) is 11.8 Å². The van der Waals surface area contributed by atoms with Crippen molar-refractivity contribution in [2.45, 2.75) is 32.2 Å².